The van der Waals surface area contributed by atoms with Gasteiger partial charge >= 0.3 is 0 Å². The third-order valence-electron chi connectivity index (χ3n) is 3.91. The van der Waals surface area contributed by atoms with Crippen molar-refractivity contribution >= 4 is 22.6 Å². The Balaban J connectivity index is 1.60. The van der Waals surface area contributed by atoms with Crippen LogP contribution < -0.4 is 15.6 Å². The molecular formula is C16H14N5O3S-. The molecule has 4 rings (SSSR count). The zero-order valence-corrected chi connectivity index (χ0v) is 14.0. The van der Waals surface area contributed by atoms with E-state index in [-0.39, 0.29) is 11.1 Å². The van der Waals surface area contributed by atoms with Crippen LogP contribution in [0.25, 0.3) is 0 Å². The lowest BCUT2D eigenvalue weighted by atomic mass is 10.1. The molecule has 0 aromatic heterocycles. The molecule has 0 radical (unpaired) electrons. The van der Waals surface area contributed by atoms with Crippen molar-refractivity contribution in [1.82, 2.24) is 15.9 Å². The summed E-state index contributed by atoms with van der Waals surface area (Å²) in [4.78, 5) is -0.417. The van der Waals surface area contributed by atoms with E-state index < -0.39 is 4.90 Å². The number of ether oxygens (including phenoxy) is 1. The SMILES string of the molecule is COc1ccccc1[C@@H]1NN2C(=NNC2=C2C=CC(=[N+]([O-])[O-])C=C2)S1. The van der Waals surface area contributed by atoms with Gasteiger partial charge in [0, 0.05) is 23.3 Å². The number of rotatable bonds is 2. The van der Waals surface area contributed by atoms with Crippen LogP contribution >= 0.6 is 11.8 Å². The first-order chi connectivity index (χ1) is 12.2. The van der Waals surface area contributed by atoms with Gasteiger partial charge in [0.15, 0.2) is 5.82 Å². The van der Waals surface area contributed by atoms with Gasteiger partial charge in [-0.2, -0.15) is 4.90 Å². The number of allylic oxidation sites excluding steroid dienone is 5. The minimum Gasteiger partial charge on any atom is -0.612 e. The van der Waals surface area contributed by atoms with Crippen LogP contribution in [0.15, 0.2) is 65.1 Å². The number of fused-ring (bicyclic) bond motifs is 1. The molecule has 0 spiro atoms. The van der Waals surface area contributed by atoms with Crippen molar-refractivity contribution in [2.75, 3.05) is 7.11 Å². The summed E-state index contributed by atoms with van der Waals surface area (Å²) in [6, 6.07) is 7.81. The summed E-state index contributed by atoms with van der Waals surface area (Å²) in [5, 5.41) is 28.5. The number of thioether (sulfide) groups is 1. The molecule has 1 aromatic carbocycles. The highest BCUT2D eigenvalue weighted by molar-refractivity contribution is 8.14. The van der Waals surface area contributed by atoms with Crippen molar-refractivity contribution in [3.63, 3.8) is 0 Å². The van der Waals surface area contributed by atoms with Gasteiger partial charge in [0.05, 0.1) is 7.11 Å². The summed E-state index contributed by atoms with van der Waals surface area (Å²) in [6.45, 7) is 0. The van der Waals surface area contributed by atoms with E-state index in [1.807, 2.05) is 29.3 Å². The van der Waals surface area contributed by atoms with Gasteiger partial charge in [-0.1, -0.05) is 30.0 Å². The zero-order valence-electron chi connectivity index (χ0n) is 13.2. The molecule has 3 aliphatic rings. The molecule has 0 amide bonds. The molecule has 1 atom stereocenters. The first kappa shape index (κ1) is 15.6. The van der Waals surface area contributed by atoms with Crippen molar-refractivity contribution in [2.45, 2.75) is 5.37 Å². The predicted molar refractivity (Wildman–Crippen MR) is 96.2 cm³/mol. The Kier molecular flexibility index (Phi) is 3.86. The van der Waals surface area contributed by atoms with E-state index in [1.165, 1.54) is 12.2 Å². The molecule has 0 bridgehead atoms. The molecule has 9 heteroatoms. The molecule has 2 heterocycles. The second-order valence-corrected chi connectivity index (χ2v) is 6.44. The van der Waals surface area contributed by atoms with E-state index in [9.17, 15) is 10.4 Å². The van der Waals surface area contributed by atoms with E-state index in [2.05, 4.69) is 16.0 Å². The Morgan fingerprint density at radius 3 is 2.68 bits per heavy atom. The maximum atomic E-state index is 10.8. The van der Waals surface area contributed by atoms with E-state index in [0.717, 1.165) is 27.9 Å². The predicted octanol–water partition coefficient (Wildman–Crippen LogP) is 1.91. The molecule has 0 unspecified atom stereocenters. The lowest BCUT2D eigenvalue weighted by Gasteiger charge is -2.19. The average molecular weight is 356 g/mol. The minimum absolute atomic E-state index is 0.0370. The smallest absolute Gasteiger partial charge is 0.222 e. The molecular weight excluding hydrogens is 342 g/mol. The molecule has 2 aliphatic heterocycles. The maximum Gasteiger partial charge on any atom is 0.222 e. The lowest BCUT2D eigenvalue weighted by molar-refractivity contribution is -0.377. The summed E-state index contributed by atoms with van der Waals surface area (Å²) in [5.74, 6) is 1.54. The second kappa shape index (κ2) is 6.19. The number of hydrazine groups is 1. The maximum absolute atomic E-state index is 10.8. The summed E-state index contributed by atoms with van der Waals surface area (Å²) < 4.78 is 5.43. The summed E-state index contributed by atoms with van der Waals surface area (Å²) in [5.41, 5.74) is 8.23. The molecule has 1 aromatic rings. The fourth-order valence-corrected chi connectivity index (χ4v) is 3.73. The average Bonchev–Trinajstić information content (AvgIpc) is 3.22. The quantitative estimate of drug-likeness (QED) is 0.617. The van der Waals surface area contributed by atoms with Gasteiger partial charge in [0.2, 0.25) is 10.9 Å². The van der Waals surface area contributed by atoms with E-state index in [1.54, 1.807) is 31.0 Å². The number of nitrogens with zero attached hydrogens (tertiary/aromatic N) is 3. The fourth-order valence-electron chi connectivity index (χ4n) is 2.69. The van der Waals surface area contributed by atoms with Crippen LogP contribution in [0.5, 0.6) is 5.75 Å². The van der Waals surface area contributed by atoms with Gasteiger partial charge < -0.3 is 15.2 Å². The first-order valence-electron chi connectivity index (χ1n) is 7.49. The standard InChI is InChI=1S/C16H14N5O3S/c1-24-13-5-3-2-4-12(13)15-19-20-14(17-18-16(20)25-15)10-6-8-11(9-7-10)21(22)23/h2-9,15,17,19H,1H3/q-1/t15-/m1/s1. The molecule has 1 aliphatic carbocycles. The molecule has 25 heavy (non-hydrogen) atoms. The number of hydrogen-bond donors (Lipinski definition) is 2. The van der Waals surface area contributed by atoms with Gasteiger partial charge in [-0.05, 0) is 18.2 Å². The molecule has 8 nitrogen and oxygen atoms in total. The van der Waals surface area contributed by atoms with Crippen molar-refractivity contribution in [2.24, 2.45) is 5.10 Å². The molecule has 1 saturated heterocycles. The third kappa shape index (κ3) is 2.73. The Morgan fingerprint density at radius 1 is 1.20 bits per heavy atom. The highest BCUT2D eigenvalue weighted by atomic mass is 32.2. The highest BCUT2D eigenvalue weighted by Crippen LogP contribution is 2.41. The first-order valence-corrected chi connectivity index (χ1v) is 8.36. The van der Waals surface area contributed by atoms with Crippen molar-refractivity contribution in [3.8, 4) is 5.75 Å². The Bertz CT molecular complexity index is 852. The van der Waals surface area contributed by atoms with Crippen molar-refractivity contribution in [3.05, 3.63) is 75.9 Å². The Morgan fingerprint density at radius 2 is 1.96 bits per heavy atom. The highest BCUT2D eigenvalue weighted by Gasteiger charge is 2.37. The number of amidine groups is 1. The van der Waals surface area contributed by atoms with Crippen LogP contribution in [0, 0.1) is 10.4 Å². The van der Waals surface area contributed by atoms with Crippen LogP contribution in [0.4, 0.5) is 0 Å². The van der Waals surface area contributed by atoms with Crippen LogP contribution in [0.3, 0.4) is 0 Å². The molecule has 0 saturated carbocycles. The molecule has 128 valence electrons. The van der Waals surface area contributed by atoms with Gasteiger partial charge in [-0.25, -0.2) is 10.4 Å². The summed E-state index contributed by atoms with van der Waals surface area (Å²) in [7, 11) is 1.65. The number of para-hydroxylation sites is 1. The van der Waals surface area contributed by atoms with E-state index >= 15 is 0 Å². The lowest BCUT2D eigenvalue weighted by Crippen LogP contribution is -2.34. The molecule has 1 fully saturated rings. The van der Waals surface area contributed by atoms with Crippen LogP contribution in [-0.4, -0.2) is 27.9 Å². The third-order valence-corrected chi connectivity index (χ3v) is 4.99. The summed E-state index contributed by atoms with van der Waals surface area (Å²) in [6.07, 6.45) is 6.34. The van der Waals surface area contributed by atoms with Crippen LogP contribution in [-0.2, 0) is 0 Å². The number of methoxy groups -OCH3 is 1. The van der Waals surface area contributed by atoms with E-state index in [4.69, 9.17) is 4.74 Å². The zero-order chi connectivity index (χ0) is 17.4. The summed E-state index contributed by atoms with van der Waals surface area (Å²) >= 11 is 1.56. The normalized spacial score (nSPS) is 21.3. The number of nitrogens with one attached hydrogen (secondary N) is 2. The largest absolute Gasteiger partial charge is 0.612 e. The van der Waals surface area contributed by atoms with Crippen molar-refractivity contribution < 1.29 is 9.64 Å². The van der Waals surface area contributed by atoms with Gasteiger partial charge in [0.1, 0.15) is 11.1 Å². The van der Waals surface area contributed by atoms with Gasteiger partial charge in [0.25, 0.3) is 0 Å². The van der Waals surface area contributed by atoms with Crippen LogP contribution in [0.1, 0.15) is 10.9 Å². The van der Waals surface area contributed by atoms with Crippen LogP contribution in [0.2, 0.25) is 0 Å². The fraction of sp³-hybridized carbons (Fsp3) is 0.125. The molecule has 2 N–H and O–H groups in total. The van der Waals surface area contributed by atoms with Crippen molar-refractivity contribution in [1.29, 1.82) is 0 Å². The Hall–Kier alpha value is -2.91. The Labute approximate surface area is 148 Å². The topological polar surface area (TPSA) is 98.0 Å². The van der Waals surface area contributed by atoms with Gasteiger partial charge in [-0.3, -0.25) is 5.43 Å². The number of benzene rings is 1. The second-order valence-electron chi connectivity index (χ2n) is 5.36. The van der Waals surface area contributed by atoms with Gasteiger partial charge in [-0.15, -0.1) is 5.10 Å². The minimum atomic E-state index is -0.417. The monoisotopic (exact) mass is 356 g/mol. The van der Waals surface area contributed by atoms with E-state index in [0.29, 0.717) is 0 Å². The number of hydrazone groups is 1. The number of hydrogen-bond acceptors (Lipinski definition) is 8.